The minimum atomic E-state index is 0.418. The van der Waals surface area contributed by atoms with E-state index < -0.39 is 0 Å². The fraction of sp³-hybridized carbons (Fsp3) is 0.500. The average molecular weight is 245 g/mol. The normalized spacial score (nSPS) is 11.8. The number of hydrogen-bond acceptors (Lipinski definition) is 2. The van der Waals surface area contributed by atoms with Gasteiger partial charge in [-0.1, -0.05) is 19.1 Å². The van der Waals surface area contributed by atoms with Gasteiger partial charge in [-0.3, -0.25) is 0 Å². The maximum atomic E-state index is 5.23. The lowest BCUT2D eigenvalue weighted by molar-refractivity contribution is 0.414. The zero-order chi connectivity index (χ0) is 13.2. The van der Waals surface area contributed by atoms with Crippen LogP contribution in [0.25, 0.3) is 0 Å². The van der Waals surface area contributed by atoms with Crippen LogP contribution in [0.5, 0.6) is 5.75 Å². The molecule has 2 nitrogen and oxygen atoms in total. The van der Waals surface area contributed by atoms with E-state index in [1.807, 2.05) is 12.1 Å². The lowest BCUT2D eigenvalue weighted by Crippen LogP contribution is -2.21. The molecule has 18 heavy (non-hydrogen) atoms. The number of methoxy groups -OCH3 is 1. The second kappa shape index (κ2) is 8.60. The Hall–Kier alpha value is -1.46. The van der Waals surface area contributed by atoms with E-state index in [0.29, 0.717) is 6.04 Å². The molecule has 0 amide bonds. The average Bonchev–Trinajstić information content (AvgIpc) is 2.43. The molecule has 1 atom stereocenters. The summed E-state index contributed by atoms with van der Waals surface area (Å²) < 4.78 is 5.17. The van der Waals surface area contributed by atoms with Gasteiger partial charge >= 0.3 is 0 Å². The second-order valence-corrected chi connectivity index (χ2v) is 4.35. The highest BCUT2D eigenvalue weighted by atomic mass is 16.5. The maximum absolute atomic E-state index is 5.23. The predicted molar refractivity (Wildman–Crippen MR) is 76.7 cm³/mol. The smallest absolute Gasteiger partial charge is 0.118 e. The Morgan fingerprint density at radius 2 is 2.00 bits per heavy atom. The van der Waals surface area contributed by atoms with Gasteiger partial charge in [0.2, 0.25) is 0 Å². The van der Waals surface area contributed by atoms with Crippen LogP contribution >= 0.6 is 0 Å². The SMILES string of the molecule is C#CCCCCNC(CC)c1ccc(OC)cc1. The van der Waals surface area contributed by atoms with Gasteiger partial charge in [0.25, 0.3) is 0 Å². The minimum Gasteiger partial charge on any atom is -0.497 e. The Kier molecular flexibility index (Phi) is 6.98. The lowest BCUT2D eigenvalue weighted by Gasteiger charge is -2.17. The zero-order valence-corrected chi connectivity index (χ0v) is 11.4. The zero-order valence-electron chi connectivity index (χ0n) is 11.4. The molecule has 98 valence electrons. The molecule has 0 aliphatic heterocycles. The van der Waals surface area contributed by atoms with Gasteiger partial charge in [-0.05, 0) is 43.5 Å². The van der Waals surface area contributed by atoms with Crippen LogP contribution in [0, 0.1) is 12.3 Å². The third-order valence-corrected chi connectivity index (χ3v) is 3.07. The molecule has 0 radical (unpaired) electrons. The highest BCUT2D eigenvalue weighted by molar-refractivity contribution is 5.29. The molecule has 0 aliphatic rings. The van der Waals surface area contributed by atoms with E-state index in [1.165, 1.54) is 5.56 Å². The largest absolute Gasteiger partial charge is 0.497 e. The third-order valence-electron chi connectivity index (χ3n) is 3.07. The summed E-state index contributed by atoms with van der Waals surface area (Å²) >= 11 is 0. The van der Waals surface area contributed by atoms with Crippen molar-refractivity contribution in [3.63, 3.8) is 0 Å². The van der Waals surface area contributed by atoms with Gasteiger partial charge in [-0.25, -0.2) is 0 Å². The van der Waals surface area contributed by atoms with E-state index in [1.54, 1.807) is 7.11 Å². The van der Waals surface area contributed by atoms with Crippen molar-refractivity contribution in [3.8, 4) is 18.1 Å². The molecule has 1 unspecified atom stereocenters. The van der Waals surface area contributed by atoms with Crippen molar-refractivity contribution in [2.24, 2.45) is 0 Å². The Bertz CT molecular complexity index is 364. The van der Waals surface area contributed by atoms with E-state index in [-0.39, 0.29) is 0 Å². The number of benzene rings is 1. The molecule has 0 spiro atoms. The molecule has 0 aliphatic carbocycles. The molecular weight excluding hydrogens is 222 g/mol. The van der Waals surface area contributed by atoms with Crippen molar-refractivity contribution in [1.29, 1.82) is 0 Å². The predicted octanol–water partition coefficient (Wildman–Crippen LogP) is 3.54. The van der Waals surface area contributed by atoms with Crippen LogP contribution in [-0.4, -0.2) is 13.7 Å². The number of hydrogen-bond donors (Lipinski definition) is 1. The van der Waals surface area contributed by atoms with E-state index in [2.05, 4.69) is 30.3 Å². The standard InChI is InChI=1S/C16H23NO/c1-4-6-7-8-13-17-16(5-2)14-9-11-15(18-3)12-10-14/h1,9-12,16-17H,5-8,13H2,2-3H3. The van der Waals surface area contributed by atoms with Gasteiger partial charge in [-0.15, -0.1) is 12.3 Å². The van der Waals surface area contributed by atoms with Crippen molar-refractivity contribution in [2.75, 3.05) is 13.7 Å². The Labute approximate surface area is 111 Å². The Morgan fingerprint density at radius 1 is 1.28 bits per heavy atom. The van der Waals surface area contributed by atoms with E-state index >= 15 is 0 Å². The molecule has 1 N–H and O–H groups in total. The van der Waals surface area contributed by atoms with Crippen LogP contribution in [0.1, 0.15) is 44.2 Å². The molecule has 0 fully saturated rings. The van der Waals surface area contributed by atoms with Crippen molar-refractivity contribution < 1.29 is 4.74 Å². The molecule has 0 bridgehead atoms. The lowest BCUT2D eigenvalue weighted by atomic mass is 10.0. The van der Waals surface area contributed by atoms with E-state index in [0.717, 1.165) is 38.0 Å². The second-order valence-electron chi connectivity index (χ2n) is 4.35. The summed E-state index contributed by atoms with van der Waals surface area (Å²) in [6, 6.07) is 8.69. The van der Waals surface area contributed by atoms with Crippen molar-refractivity contribution in [2.45, 2.75) is 38.6 Å². The number of terminal acetylenes is 1. The minimum absolute atomic E-state index is 0.418. The molecule has 0 saturated carbocycles. The summed E-state index contributed by atoms with van der Waals surface area (Å²) in [4.78, 5) is 0. The van der Waals surface area contributed by atoms with E-state index in [4.69, 9.17) is 11.2 Å². The number of unbranched alkanes of at least 4 members (excludes halogenated alkanes) is 2. The molecule has 1 aromatic carbocycles. The summed E-state index contributed by atoms with van der Waals surface area (Å²) in [6.07, 6.45) is 9.43. The molecule has 0 aromatic heterocycles. The van der Waals surface area contributed by atoms with Crippen molar-refractivity contribution in [3.05, 3.63) is 29.8 Å². The highest BCUT2D eigenvalue weighted by Crippen LogP contribution is 2.20. The molecule has 1 aromatic rings. The molecule has 1 rings (SSSR count). The van der Waals surface area contributed by atoms with Crippen LogP contribution in [0.15, 0.2) is 24.3 Å². The topological polar surface area (TPSA) is 21.3 Å². The van der Waals surface area contributed by atoms with Crippen LogP contribution in [-0.2, 0) is 0 Å². The van der Waals surface area contributed by atoms with Gasteiger partial charge in [0.1, 0.15) is 5.75 Å². The van der Waals surface area contributed by atoms with Gasteiger partial charge in [0, 0.05) is 12.5 Å². The van der Waals surface area contributed by atoms with Gasteiger partial charge in [0.15, 0.2) is 0 Å². The Balaban J connectivity index is 2.42. The highest BCUT2D eigenvalue weighted by Gasteiger charge is 2.07. The number of nitrogens with one attached hydrogen (secondary N) is 1. The van der Waals surface area contributed by atoms with E-state index in [9.17, 15) is 0 Å². The molecular formula is C16H23NO. The van der Waals surface area contributed by atoms with Crippen molar-refractivity contribution in [1.82, 2.24) is 5.32 Å². The van der Waals surface area contributed by atoms with Crippen LogP contribution in [0.3, 0.4) is 0 Å². The summed E-state index contributed by atoms with van der Waals surface area (Å²) in [7, 11) is 1.69. The first-order valence-corrected chi connectivity index (χ1v) is 6.62. The fourth-order valence-corrected chi connectivity index (χ4v) is 1.96. The van der Waals surface area contributed by atoms with Crippen LogP contribution < -0.4 is 10.1 Å². The van der Waals surface area contributed by atoms with Crippen LogP contribution in [0.2, 0.25) is 0 Å². The fourth-order valence-electron chi connectivity index (χ4n) is 1.96. The third kappa shape index (κ3) is 4.81. The van der Waals surface area contributed by atoms with Crippen molar-refractivity contribution >= 4 is 0 Å². The summed E-state index contributed by atoms with van der Waals surface area (Å²) in [5.74, 6) is 3.58. The molecule has 0 saturated heterocycles. The molecule has 0 heterocycles. The monoisotopic (exact) mass is 245 g/mol. The summed E-state index contributed by atoms with van der Waals surface area (Å²) in [5, 5.41) is 3.57. The van der Waals surface area contributed by atoms with Gasteiger partial charge < -0.3 is 10.1 Å². The van der Waals surface area contributed by atoms with Gasteiger partial charge in [0.05, 0.1) is 7.11 Å². The Morgan fingerprint density at radius 3 is 2.56 bits per heavy atom. The van der Waals surface area contributed by atoms with Gasteiger partial charge in [-0.2, -0.15) is 0 Å². The molecule has 2 heteroatoms. The summed E-state index contributed by atoms with van der Waals surface area (Å²) in [5.41, 5.74) is 1.32. The summed E-state index contributed by atoms with van der Waals surface area (Å²) in [6.45, 7) is 3.22. The maximum Gasteiger partial charge on any atom is 0.118 e. The first-order chi connectivity index (χ1) is 8.81. The number of rotatable bonds is 8. The number of ether oxygens (including phenoxy) is 1. The van der Waals surface area contributed by atoms with Crippen LogP contribution in [0.4, 0.5) is 0 Å². The first-order valence-electron chi connectivity index (χ1n) is 6.62. The quantitative estimate of drug-likeness (QED) is 0.559. The first kappa shape index (κ1) is 14.6.